The number of hydrogen-bond acceptors (Lipinski definition) is 6. The molecule has 2 heterocycles. The average molecular weight is 388 g/mol. The minimum atomic E-state index is -1.35. The van der Waals surface area contributed by atoms with Gasteiger partial charge in [0.05, 0.1) is 19.2 Å². The van der Waals surface area contributed by atoms with E-state index >= 15 is 0 Å². The van der Waals surface area contributed by atoms with Gasteiger partial charge in [-0.1, -0.05) is 30.3 Å². The van der Waals surface area contributed by atoms with Crippen LogP contribution >= 0.6 is 0 Å². The largest absolute Gasteiger partial charge is 0.465 e. The highest BCUT2D eigenvalue weighted by Gasteiger charge is 2.65. The van der Waals surface area contributed by atoms with Gasteiger partial charge in [0.2, 0.25) is 0 Å². The second kappa shape index (κ2) is 7.54. The van der Waals surface area contributed by atoms with Gasteiger partial charge in [-0.3, -0.25) is 14.5 Å². The van der Waals surface area contributed by atoms with Crippen LogP contribution in [0.15, 0.2) is 30.3 Å². The average Bonchev–Trinajstić information content (AvgIpc) is 3.13. The van der Waals surface area contributed by atoms with Gasteiger partial charge < -0.3 is 14.4 Å². The highest BCUT2D eigenvalue weighted by Crippen LogP contribution is 2.42. The monoisotopic (exact) mass is 388 g/mol. The van der Waals surface area contributed by atoms with Gasteiger partial charge in [0.1, 0.15) is 5.60 Å². The van der Waals surface area contributed by atoms with E-state index < -0.39 is 29.1 Å². The Labute approximate surface area is 165 Å². The quantitative estimate of drug-likeness (QED) is 0.582. The van der Waals surface area contributed by atoms with Crippen molar-refractivity contribution < 1.29 is 23.9 Å². The van der Waals surface area contributed by atoms with E-state index in [1.807, 2.05) is 35.2 Å². The van der Waals surface area contributed by atoms with Gasteiger partial charge >= 0.3 is 12.1 Å². The molecule has 1 amide bonds. The lowest BCUT2D eigenvalue weighted by Crippen LogP contribution is -2.47. The van der Waals surface area contributed by atoms with Crippen LogP contribution in [0.1, 0.15) is 33.3 Å². The molecule has 152 valence electrons. The van der Waals surface area contributed by atoms with Gasteiger partial charge in [0.15, 0.2) is 11.2 Å². The maximum Gasteiger partial charge on any atom is 0.410 e. The van der Waals surface area contributed by atoms with Gasteiger partial charge in [-0.25, -0.2) is 4.79 Å². The van der Waals surface area contributed by atoms with Crippen molar-refractivity contribution in [1.29, 1.82) is 0 Å². The van der Waals surface area contributed by atoms with Gasteiger partial charge in [0.25, 0.3) is 0 Å². The number of ether oxygens (including phenoxy) is 2. The molecule has 0 spiro atoms. The number of amides is 1. The molecule has 2 fully saturated rings. The summed E-state index contributed by atoms with van der Waals surface area (Å²) in [6.07, 6.45) is -0.516. The third-order valence-corrected chi connectivity index (χ3v) is 5.21. The van der Waals surface area contributed by atoms with Gasteiger partial charge in [-0.2, -0.15) is 0 Å². The number of benzene rings is 1. The standard InChI is InChI=1S/C21H28N2O5/c1-5-27-18(25)21-14-23(19(26)28-20(2,3)4)12-16(21)22(13-17(21)24)11-15-9-7-6-8-10-15/h6-10,16H,5,11-14H2,1-4H3. The Hall–Kier alpha value is -2.41. The Balaban J connectivity index is 1.88. The Kier molecular flexibility index (Phi) is 5.48. The fourth-order valence-electron chi connectivity index (χ4n) is 4.00. The van der Waals surface area contributed by atoms with E-state index in [-0.39, 0.29) is 32.0 Å². The third kappa shape index (κ3) is 3.76. The topological polar surface area (TPSA) is 76.2 Å². The normalized spacial score (nSPS) is 24.9. The molecule has 0 bridgehead atoms. The zero-order valence-electron chi connectivity index (χ0n) is 16.9. The molecular weight excluding hydrogens is 360 g/mol. The van der Waals surface area contributed by atoms with E-state index in [0.29, 0.717) is 6.54 Å². The third-order valence-electron chi connectivity index (χ3n) is 5.21. The molecule has 0 N–H and O–H groups in total. The molecule has 2 aliphatic rings. The van der Waals surface area contributed by atoms with Crippen molar-refractivity contribution in [2.75, 3.05) is 26.2 Å². The number of ketones is 1. The van der Waals surface area contributed by atoms with Crippen molar-refractivity contribution in [1.82, 2.24) is 9.80 Å². The molecule has 3 rings (SSSR count). The maximum atomic E-state index is 13.0. The number of likely N-dealkylation sites (tertiary alicyclic amines) is 2. The van der Waals surface area contributed by atoms with E-state index in [4.69, 9.17) is 9.47 Å². The van der Waals surface area contributed by atoms with Crippen molar-refractivity contribution in [3.63, 3.8) is 0 Å². The van der Waals surface area contributed by atoms with Crippen molar-refractivity contribution in [3.05, 3.63) is 35.9 Å². The first kappa shape index (κ1) is 20.3. The molecule has 2 aliphatic heterocycles. The molecule has 2 unspecified atom stereocenters. The Morgan fingerprint density at radius 1 is 1.21 bits per heavy atom. The van der Waals surface area contributed by atoms with E-state index in [9.17, 15) is 14.4 Å². The molecule has 0 aliphatic carbocycles. The molecule has 7 nitrogen and oxygen atoms in total. The lowest BCUT2D eigenvalue weighted by atomic mass is 9.82. The highest BCUT2D eigenvalue weighted by atomic mass is 16.6. The van der Waals surface area contributed by atoms with Crippen LogP contribution in [0.5, 0.6) is 0 Å². The summed E-state index contributed by atoms with van der Waals surface area (Å²) in [6, 6.07) is 9.35. The molecule has 2 atom stereocenters. The summed E-state index contributed by atoms with van der Waals surface area (Å²) < 4.78 is 10.7. The Morgan fingerprint density at radius 2 is 1.89 bits per heavy atom. The number of carbonyl (C=O) groups excluding carboxylic acids is 3. The fourth-order valence-corrected chi connectivity index (χ4v) is 4.00. The summed E-state index contributed by atoms with van der Waals surface area (Å²) >= 11 is 0. The molecule has 28 heavy (non-hydrogen) atoms. The number of hydrogen-bond donors (Lipinski definition) is 0. The summed E-state index contributed by atoms with van der Waals surface area (Å²) in [7, 11) is 0. The first-order chi connectivity index (χ1) is 13.2. The molecule has 7 heteroatoms. The van der Waals surface area contributed by atoms with Gasteiger partial charge in [-0.05, 0) is 33.3 Å². The maximum absolute atomic E-state index is 13.0. The first-order valence-electron chi connectivity index (χ1n) is 9.64. The number of rotatable bonds is 4. The molecule has 1 aromatic rings. The van der Waals surface area contributed by atoms with Crippen LogP contribution in [0.2, 0.25) is 0 Å². The minimum absolute atomic E-state index is 0.00443. The van der Waals surface area contributed by atoms with Crippen LogP contribution in [0.25, 0.3) is 0 Å². The second-order valence-electron chi connectivity index (χ2n) is 8.38. The van der Waals surface area contributed by atoms with Crippen LogP contribution in [0, 0.1) is 5.41 Å². The summed E-state index contributed by atoms with van der Waals surface area (Å²) in [5.74, 6) is -0.746. The highest BCUT2D eigenvalue weighted by molar-refractivity contribution is 6.08. The smallest absolute Gasteiger partial charge is 0.410 e. The van der Waals surface area contributed by atoms with Crippen LogP contribution in [0.4, 0.5) is 4.79 Å². The zero-order valence-corrected chi connectivity index (χ0v) is 16.9. The Morgan fingerprint density at radius 3 is 2.50 bits per heavy atom. The molecule has 0 radical (unpaired) electrons. The van der Waals surface area contributed by atoms with Crippen molar-refractivity contribution >= 4 is 17.8 Å². The number of nitrogens with zero attached hydrogens (tertiary/aromatic N) is 2. The first-order valence-corrected chi connectivity index (χ1v) is 9.64. The van der Waals surface area contributed by atoms with E-state index in [1.165, 1.54) is 4.90 Å². The predicted molar refractivity (Wildman–Crippen MR) is 103 cm³/mol. The van der Waals surface area contributed by atoms with Crippen molar-refractivity contribution in [2.24, 2.45) is 5.41 Å². The number of carbonyl (C=O) groups is 3. The van der Waals surface area contributed by atoms with Crippen LogP contribution < -0.4 is 0 Å². The molecule has 1 aromatic carbocycles. The predicted octanol–water partition coefficient (Wildman–Crippen LogP) is 2.24. The van der Waals surface area contributed by atoms with Gasteiger partial charge in [0, 0.05) is 19.6 Å². The Bertz CT molecular complexity index is 758. The number of Topliss-reactive ketones (excluding diaryl/α,β-unsaturated/α-hetero) is 1. The summed E-state index contributed by atoms with van der Waals surface area (Å²) in [4.78, 5) is 41.9. The zero-order chi connectivity index (χ0) is 20.5. The molecular formula is C21H28N2O5. The van der Waals surface area contributed by atoms with Gasteiger partial charge in [-0.15, -0.1) is 0 Å². The molecule has 2 saturated heterocycles. The lowest BCUT2D eigenvalue weighted by molar-refractivity contribution is -0.158. The van der Waals surface area contributed by atoms with Crippen molar-refractivity contribution in [3.8, 4) is 0 Å². The van der Waals surface area contributed by atoms with Crippen LogP contribution in [0.3, 0.4) is 0 Å². The van der Waals surface area contributed by atoms with E-state index in [1.54, 1.807) is 27.7 Å². The van der Waals surface area contributed by atoms with Crippen LogP contribution in [-0.2, 0) is 25.6 Å². The SMILES string of the molecule is CCOC(=O)C12CN(C(=O)OC(C)(C)C)CC1N(Cc1ccccc1)CC2=O. The lowest BCUT2D eigenvalue weighted by Gasteiger charge is -2.27. The molecule has 0 aromatic heterocycles. The number of esters is 1. The number of fused-ring (bicyclic) bond motifs is 1. The summed E-state index contributed by atoms with van der Waals surface area (Å²) in [5.41, 5.74) is -0.952. The van der Waals surface area contributed by atoms with Crippen LogP contribution in [-0.4, -0.2) is 65.5 Å². The van der Waals surface area contributed by atoms with Crippen molar-refractivity contribution in [2.45, 2.75) is 45.9 Å². The fraction of sp³-hybridized carbons (Fsp3) is 0.571. The summed E-state index contributed by atoms with van der Waals surface area (Å²) in [6.45, 7) is 8.21. The second-order valence-corrected chi connectivity index (χ2v) is 8.38. The minimum Gasteiger partial charge on any atom is -0.465 e. The molecule has 0 saturated carbocycles. The van der Waals surface area contributed by atoms with E-state index in [0.717, 1.165) is 5.56 Å². The summed E-state index contributed by atoms with van der Waals surface area (Å²) in [5, 5.41) is 0. The van der Waals surface area contributed by atoms with E-state index in [2.05, 4.69) is 0 Å².